The van der Waals surface area contributed by atoms with Crippen molar-refractivity contribution in [2.75, 3.05) is 13.7 Å². The number of rotatable bonds is 7. The summed E-state index contributed by atoms with van der Waals surface area (Å²) in [6.07, 6.45) is 3.63. The molecule has 0 amide bonds. The predicted molar refractivity (Wildman–Crippen MR) is 137 cm³/mol. The standard InChI is InChI=1S/C28H30ClN3O2/c1-17-26(33)14-20(31-17)16-30-15-19-12-13-25(32-28(19)34-2)24-11-5-10-23(27(24)29)22-9-4-7-18-6-3-8-21(18)22/h4-5,7,9-13,20,26,30-31,33H,1,3,6,8,14-16H2,2H3. The summed E-state index contributed by atoms with van der Waals surface area (Å²) in [5.41, 5.74) is 8.47. The largest absolute Gasteiger partial charge is 0.481 e. The molecule has 1 aliphatic heterocycles. The highest BCUT2D eigenvalue weighted by atomic mass is 35.5. The summed E-state index contributed by atoms with van der Waals surface area (Å²) < 4.78 is 5.62. The first-order valence-electron chi connectivity index (χ1n) is 11.8. The van der Waals surface area contributed by atoms with Crippen LogP contribution < -0.4 is 15.4 Å². The Balaban J connectivity index is 1.37. The van der Waals surface area contributed by atoms with Crippen molar-refractivity contribution in [1.82, 2.24) is 15.6 Å². The molecule has 2 aromatic carbocycles. The van der Waals surface area contributed by atoms with E-state index in [0.29, 0.717) is 29.6 Å². The fraction of sp³-hybridized carbons (Fsp3) is 0.321. The Morgan fingerprint density at radius 3 is 2.71 bits per heavy atom. The van der Waals surface area contributed by atoms with Crippen LogP contribution in [0.5, 0.6) is 5.88 Å². The molecule has 0 bridgehead atoms. The number of ether oxygens (including phenoxy) is 1. The van der Waals surface area contributed by atoms with Crippen LogP contribution in [0.1, 0.15) is 29.5 Å². The van der Waals surface area contributed by atoms with Crippen LogP contribution in [-0.4, -0.2) is 35.9 Å². The van der Waals surface area contributed by atoms with Gasteiger partial charge < -0.3 is 20.5 Å². The van der Waals surface area contributed by atoms with E-state index in [1.807, 2.05) is 24.3 Å². The number of aliphatic hydroxyl groups is 1. The highest BCUT2D eigenvalue weighted by molar-refractivity contribution is 6.36. The minimum Gasteiger partial charge on any atom is -0.481 e. The fourth-order valence-electron chi connectivity index (χ4n) is 5.08. The molecule has 0 radical (unpaired) electrons. The van der Waals surface area contributed by atoms with Crippen molar-refractivity contribution in [3.05, 3.63) is 82.5 Å². The number of methoxy groups -OCH3 is 1. The zero-order valence-corrected chi connectivity index (χ0v) is 20.2. The monoisotopic (exact) mass is 475 g/mol. The van der Waals surface area contributed by atoms with E-state index in [4.69, 9.17) is 21.3 Å². The Bertz CT molecular complexity index is 1230. The Hall–Kier alpha value is -2.86. The average molecular weight is 476 g/mol. The Labute approximate surface area is 205 Å². The topological polar surface area (TPSA) is 66.4 Å². The van der Waals surface area contributed by atoms with E-state index in [0.717, 1.165) is 41.8 Å². The molecule has 3 aromatic rings. The highest BCUT2D eigenvalue weighted by Gasteiger charge is 2.25. The molecule has 1 saturated heterocycles. The van der Waals surface area contributed by atoms with Crippen molar-refractivity contribution in [2.45, 2.75) is 44.4 Å². The first kappa shape index (κ1) is 22.9. The van der Waals surface area contributed by atoms with Gasteiger partial charge in [-0.05, 0) is 42.0 Å². The van der Waals surface area contributed by atoms with Crippen molar-refractivity contribution in [3.63, 3.8) is 0 Å². The van der Waals surface area contributed by atoms with Gasteiger partial charge in [-0.3, -0.25) is 0 Å². The van der Waals surface area contributed by atoms with Crippen LogP contribution in [0.2, 0.25) is 5.02 Å². The van der Waals surface area contributed by atoms with Gasteiger partial charge in [0.2, 0.25) is 5.88 Å². The second kappa shape index (κ2) is 9.79. The normalized spacial score (nSPS) is 19.2. The van der Waals surface area contributed by atoms with Gasteiger partial charge in [-0.25, -0.2) is 4.98 Å². The number of nitrogens with zero attached hydrogens (tertiary/aromatic N) is 1. The molecule has 2 unspecified atom stereocenters. The molecule has 6 heteroatoms. The third kappa shape index (κ3) is 4.43. The van der Waals surface area contributed by atoms with E-state index < -0.39 is 6.10 Å². The summed E-state index contributed by atoms with van der Waals surface area (Å²) in [7, 11) is 1.64. The third-order valence-electron chi connectivity index (χ3n) is 6.85. The lowest BCUT2D eigenvalue weighted by atomic mass is 9.95. The number of aliphatic hydroxyl groups excluding tert-OH is 1. The number of aryl methyl sites for hydroxylation is 1. The summed E-state index contributed by atoms with van der Waals surface area (Å²) >= 11 is 6.97. The Morgan fingerprint density at radius 1 is 1.12 bits per heavy atom. The smallest absolute Gasteiger partial charge is 0.218 e. The van der Waals surface area contributed by atoms with Gasteiger partial charge in [0.05, 0.1) is 23.9 Å². The van der Waals surface area contributed by atoms with E-state index in [1.54, 1.807) is 7.11 Å². The van der Waals surface area contributed by atoms with Gasteiger partial charge in [-0.1, -0.05) is 60.6 Å². The van der Waals surface area contributed by atoms with Gasteiger partial charge >= 0.3 is 0 Å². The van der Waals surface area contributed by atoms with E-state index in [9.17, 15) is 5.11 Å². The van der Waals surface area contributed by atoms with Crippen LogP contribution in [0, 0.1) is 0 Å². The van der Waals surface area contributed by atoms with E-state index in [2.05, 4.69) is 41.5 Å². The summed E-state index contributed by atoms with van der Waals surface area (Å²) in [6.45, 7) is 5.17. The second-order valence-electron chi connectivity index (χ2n) is 9.08. The van der Waals surface area contributed by atoms with Gasteiger partial charge in [-0.2, -0.15) is 0 Å². The maximum absolute atomic E-state index is 9.84. The molecule has 2 atom stereocenters. The van der Waals surface area contributed by atoms with E-state index in [1.165, 1.54) is 23.1 Å². The zero-order chi connectivity index (χ0) is 23.7. The van der Waals surface area contributed by atoms with Gasteiger partial charge in [0.1, 0.15) is 0 Å². The van der Waals surface area contributed by atoms with Gasteiger partial charge in [0.15, 0.2) is 0 Å². The number of halogens is 1. The lowest BCUT2D eigenvalue weighted by molar-refractivity contribution is 0.214. The molecule has 3 N–H and O–H groups in total. The lowest BCUT2D eigenvalue weighted by Crippen LogP contribution is -2.33. The minimum absolute atomic E-state index is 0.168. The van der Waals surface area contributed by atoms with Gasteiger partial charge in [0.25, 0.3) is 0 Å². The Kier molecular flexibility index (Phi) is 6.59. The molecule has 1 fully saturated rings. The molecular weight excluding hydrogens is 446 g/mol. The van der Waals surface area contributed by atoms with Crippen LogP contribution in [0.3, 0.4) is 0 Å². The molecule has 5 nitrogen and oxygen atoms in total. The third-order valence-corrected chi connectivity index (χ3v) is 7.26. The van der Waals surface area contributed by atoms with Crippen LogP contribution >= 0.6 is 11.6 Å². The quantitative estimate of drug-likeness (QED) is 0.454. The number of nitrogens with one attached hydrogen (secondary N) is 2. The van der Waals surface area contributed by atoms with Crippen LogP contribution in [0.15, 0.2) is 60.8 Å². The maximum atomic E-state index is 9.84. The molecule has 1 aromatic heterocycles. The molecule has 2 heterocycles. The van der Waals surface area contributed by atoms with Crippen LogP contribution in [0.25, 0.3) is 22.4 Å². The number of aromatic nitrogens is 1. The number of hydrogen-bond acceptors (Lipinski definition) is 5. The SMILES string of the molecule is C=C1NC(CNCc2ccc(-c3cccc(-c4cccc5c4CCC5)c3Cl)nc2OC)CC1O. The summed E-state index contributed by atoms with van der Waals surface area (Å²) in [6, 6.07) is 16.9. The summed E-state index contributed by atoms with van der Waals surface area (Å²) in [5, 5.41) is 17.2. The first-order chi connectivity index (χ1) is 16.5. The van der Waals surface area contributed by atoms with Gasteiger partial charge in [0, 0.05) is 47.9 Å². The molecule has 5 rings (SSSR count). The van der Waals surface area contributed by atoms with Crippen molar-refractivity contribution in [3.8, 4) is 28.3 Å². The van der Waals surface area contributed by atoms with Crippen molar-refractivity contribution >= 4 is 11.6 Å². The Morgan fingerprint density at radius 2 is 1.91 bits per heavy atom. The summed E-state index contributed by atoms with van der Waals surface area (Å²) in [4.78, 5) is 4.79. The first-order valence-corrected chi connectivity index (χ1v) is 12.2. The molecule has 0 spiro atoms. The average Bonchev–Trinajstić information content (AvgIpc) is 3.45. The van der Waals surface area contributed by atoms with Crippen molar-refractivity contribution in [1.29, 1.82) is 0 Å². The van der Waals surface area contributed by atoms with E-state index in [-0.39, 0.29) is 6.04 Å². The minimum atomic E-state index is -0.472. The highest BCUT2D eigenvalue weighted by Crippen LogP contribution is 2.40. The predicted octanol–water partition coefficient (Wildman–Crippen LogP) is 4.89. The van der Waals surface area contributed by atoms with E-state index >= 15 is 0 Å². The molecule has 0 saturated carbocycles. The molecule has 176 valence electrons. The van der Waals surface area contributed by atoms with Crippen molar-refractivity contribution in [2.24, 2.45) is 0 Å². The maximum Gasteiger partial charge on any atom is 0.218 e. The number of fused-ring (bicyclic) bond motifs is 1. The lowest BCUT2D eigenvalue weighted by Gasteiger charge is -2.15. The number of pyridine rings is 1. The number of benzene rings is 2. The van der Waals surface area contributed by atoms with Crippen LogP contribution in [-0.2, 0) is 19.4 Å². The van der Waals surface area contributed by atoms with Gasteiger partial charge in [-0.15, -0.1) is 0 Å². The zero-order valence-electron chi connectivity index (χ0n) is 19.4. The van der Waals surface area contributed by atoms with Crippen molar-refractivity contribution < 1.29 is 9.84 Å². The molecule has 2 aliphatic rings. The summed E-state index contributed by atoms with van der Waals surface area (Å²) in [5.74, 6) is 0.580. The molecular formula is C28H30ClN3O2. The number of hydrogen-bond donors (Lipinski definition) is 3. The molecule has 1 aliphatic carbocycles. The van der Waals surface area contributed by atoms with Crippen LogP contribution in [0.4, 0.5) is 0 Å². The fourth-order valence-corrected chi connectivity index (χ4v) is 5.41. The molecule has 34 heavy (non-hydrogen) atoms. The second-order valence-corrected chi connectivity index (χ2v) is 9.46.